The van der Waals surface area contributed by atoms with E-state index >= 15 is 0 Å². The van der Waals surface area contributed by atoms with Gasteiger partial charge in [-0.2, -0.15) is 0 Å². The van der Waals surface area contributed by atoms with E-state index in [0.29, 0.717) is 5.92 Å². The van der Waals surface area contributed by atoms with Crippen LogP contribution in [0.25, 0.3) is 0 Å². The minimum atomic E-state index is 0.521. The Balaban J connectivity index is 2.39. The van der Waals surface area contributed by atoms with Crippen molar-refractivity contribution in [2.45, 2.75) is 12.8 Å². The summed E-state index contributed by atoms with van der Waals surface area (Å²) in [6.07, 6.45) is 2.27. The zero-order chi connectivity index (χ0) is 7.40. The third-order valence-corrected chi connectivity index (χ3v) is 2.37. The highest BCUT2D eigenvalue weighted by Gasteiger charge is 2.16. The van der Waals surface area contributed by atoms with E-state index in [9.17, 15) is 0 Å². The van der Waals surface area contributed by atoms with Gasteiger partial charge in [0.2, 0.25) is 0 Å². The average molecular weight is 161 g/mol. The predicted octanol–water partition coefficient (Wildman–Crippen LogP) is 1.25. The molecule has 1 fully saturated rings. The molecule has 3 heteroatoms. The van der Waals surface area contributed by atoms with Gasteiger partial charge in [0.25, 0.3) is 0 Å². The molecular formula is C7H13ClN2. The second kappa shape index (κ2) is 3.94. The molecule has 0 saturated carbocycles. The summed E-state index contributed by atoms with van der Waals surface area (Å²) in [7, 11) is 1.75. The molecule has 2 nitrogen and oxygen atoms in total. The predicted molar refractivity (Wildman–Crippen MR) is 44.8 cm³/mol. The van der Waals surface area contributed by atoms with Gasteiger partial charge in [0.1, 0.15) is 5.17 Å². The first-order valence-electron chi connectivity index (χ1n) is 3.67. The van der Waals surface area contributed by atoms with E-state index in [1.54, 1.807) is 7.05 Å². The van der Waals surface area contributed by atoms with E-state index in [1.807, 2.05) is 0 Å². The summed E-state index contributed by atoms with van der Waals surface area (Å²) in [5, 5.41) is 4.07. The van der Waals surface area contributed by atoms with Crippen LogP contribution in [-0.4, -0.2) is 25.3 Å². The average Bonchev–Trinajstić information content (AvgIpc) is 2.05. The lowest BCUT2D eigenvalue weighted by molar-refractivity contribution is 0.460. The monoisotopic (exact) mass is 160 g/mol. The third-order valence-electron chi connectivity index (χ3n) is 1.89. The minimum Gasteiger partial charge on any atom is -0.317 e. The van der Waals surface area contributed by atoms with Gasteiger partial charge in [-0.05, 0) is 25.9 Å². The fourth-order valence-electron chi connectivity index (χ4n) is 1.24. The van der Waals surface area contributed by atoms with Gasteiger partial charge in [-0.3, -0.25) is 4.99 Å². The molecule has 0 amide bonds. The van der Waals surface area contributed by atoms with Crippen molar-refractivity contribution < 1.29 is 0 Å². The van der Waals surface area contributed by atoms with Gasteiger partial charge in [0.15, 0.2) is 0 Å². The van der Waals surface area contributed by atoms with Gasteiger partial charge < -0.3 is 5.32 Å². The molecule has 0 radical (unpaired) electrons. The van der Waals surface area contributed by atoms with Crippen LogP contribution < -0.4 is 5.32 Å². The summed E-state index contributed by atoms with van der Waals surface area (Å²) in [6, 6.07) is 0. The highest BCUT2D eigenvalue weighted by molar-refractivity contribution is 6.65. The van der Waals surface area contributed by atoms with Crippen LogP contribution in [0.5, 0.6) is 0 Å². The van der Waals surface area contributed by atoms with Crippen LogP contribution >= 0.6 is 11.6 Å². The topological polar surface area (TPSA) is 24.4 Å². The van der Waals surface area contributed by atoms with Crippen LogP contribution in [0.15, 0.2) is 4.99 Å². The van der Waals surface area contributed by atoms with Crippen molar-refractivity contribution >= 4 is 16.8 Å². The number of nitrogens with one attached hydrogen (secondary N) is 1. The molecule has 0 aliphatic carbocycles. The molecule has 1 N–H and O–H groups in total. The Labute approximate surface area is 66.7 Å². The summed E-state index contributed by atoms with van der Waals surface area (Å²) in [5.74, 6) is 0.521. The normalized spacial score (nSPS) is 23.2. The smallest absolute Gasteiger partial charge is 0.103 e. The van der Waals surface area contributed by atoms with Crippen LogP contribution in [-0.2, 0) is 0 Å². The molecule has 0 aromatic rings. The Morgan fingerprint density at radius 3 is 2.60 bits per heavy atom. The number of piperidine rings is 1. The lowest BCUT2D eigenvalue weighted by Gasteiger charge is -2.20. The summed E-state index contributed by atoms with van der Waals surface area (Å²) in [6.45, 7) is 2.16. The molecule has 0 aromatic heterocycles. The Hall–Kier alpha value is -0.0800. The van der Waals surface area contributed by atoms with Crippen LogP contribution in [0.1, 0.15) is 12.8 Å². The zero-order valence-electron chi connectivity index (χ0n) is 6.23. The fraction of sp³-hybridized carbons (Fsp3) is 0.857. The molecule has 0 unspecified atom stereocenters. The molecule has 58 valence electrons. The van der Waals surface area contributed by atoms with Gasteiger partial charge in [-0.15, -0.1) is 0 Å². The summed E-state index contributed by atoms with van der Waals surface area (Å²) < 4.78 is 0. The number of hydrogen-bond donors (Lipinski definition) is 1. The van der Waals surface area contributed by atoms with Crippen molar-refractivity contribution in [1.82, 2.24) is 5.32 Å². The molecule has 1 heterocycles. The van der Waals surface area contributed by atoms with Crippen molar-refractivity contribution in [2.24, 2.45) is 10.9 Å². The number of rotatable bonds is 1. The first-order chi connectivity index (χ1) is 4.84. The van der Waals surface area contributed by atoms with Crippen LogP contribution in [0.2, 0.25) is 0 Å². The quantitative estimate of drug-likeness (QED) is 0.574. The second-order valence-corrected chi connectivity index (χ2v) is 2.96. The van der Waals surface area contributed by atoms with E-state index < -0.39 is 0 Å². The molecule has 1 saturated heterocycles. The van der Waals surface area contributed by atoms with E-state index in [1.165, 1.54) is 0 Å². The van der Waals surface area contributed by atoms with Crippen molar-refractivity contribution in [3.05, 3.63) is 0 Å². The van der Waals surface area contributed by atoms with Gasteiger partial charge >= 0.3 is 0 Å². The Morgan fingerprint density at radius 2 is 2.10 bits per heavy atom. The Morgan fingerprint density at radius 1 is 1.50 bits per heavy atom. The first-order valence-corrected chi connectivity index (χ1v) is 4.05. The molecule has 10 heavy (non-hydrogen) atoms. The molecule has 0 spiro atoms. The van der Waals surface area contributed by atoms with Crippen molar-refractivity contribution in [2.75, 3.05) is 20.1 Å². The third kappa shape index (κ3) is 1.96. The maximum atomic E-state index is 5.87. The molecule has 0 bridgehead atoms. The highest BCUT2D eigenvalue weighted by Crippen LogP contribution is 2.15. The molecule has 1 aliphatic heterocycles. The molecular weight excluding hydrogens is 148 g/mol. The number of aliphatic imine (C=N–C) groups is 1. The van der Waals surface area contributed by atoms with Crippen molar-refractivity contribution in [1.29, 1.82) is 0 Å². The molecule has 1 aliphatic rings. The van der Waals surface area contributed by atoms with Crippen LogP contribution in [0.3, 0.4) is 0 Å². The highest BCUT2D eigenvalue weighted by atomic mass is 35.5. The van der Waals surface area contributed by atoms with Crippen molar-refractivity contribution in [3.63, 3.8) is 0 Å². The van der Waals surface area contributed by atoms with Gasteiger partial charge in [-0.1, -0.05) is 11.6 Å². The lowest BCUT2D eigenvalue weighted by atomic mass is 10.00. The Bertz CT molecular complexity index is 128. The summed E-state index contributed by atoms with van der Waals surface area (Å²) >= 11 is 5.87. The maximum Gasteiger partial charge on any atom is 0.103 e. The SMILES string of the molecule is C/N=C(/Cl)C1CCNCC1. The minimum absolute atomic E-state index is 0.521. The maximum absolute atomic E-state index is 5.87. The van der Waals surface area contributed by atoms with Crippen LogP contribution in [0.4, 0.5) is 0 Å². The van der Waals surface area contributed by atoms with E-state index in [-0.39, 0.29) is 0 Å². The second-order valence-electron chi connectivity index (χ2n) is 2.57. The molecule has 0 aromatic carbocycles. The lowest BCUT2D eigenvalue weighted by Crippen LogP contribution is -2.30. The summed E-state index contributed by atoms with van der Waals surface area (Å²) in [4.78, 5) is 3.97. The number of nitrogens with zero attached hydrogens (tertiary/aromatic N) is 1. The van der Waals surface area contributed by atoms with Gasteiger partial charge in [0, 0.05) is 13.0 Å². The molecule has 1 rings (SSSR count). The van der Waals surface area contributed by atoms with E-state index in [4.69, 9.17) is 11.6 Å². The standard InChI is InChI=1S/C7H13ClN2/c1-9-7(8)6-2-4-10-5-3-6/h6,10H,2-5H2,1H3/b9-7+. The fourth-order valence-corrected chi connectivity index (χ4v) is 1.46. The number of halogens is 1. The van der Waals surface area contributed by atoms with Gasteiger partial charge in [0.05, 0.1) is 0 Å². The van der Waals surface area contributed by atoms with Crippen LogP contribution in [0, 0.1) is 5.92 Å². The summed E-state index contributed by atoms with van der Waals surface area (Å²) in [5.41, 5.74) is 0. The van der Waals surface area contributed by atoms with E-state index in [2.05, 4.69) is 10.3 Å². The van der Waals surface area contributed by atoms with Gasteiger partial charge in [-0.25, -0.2) is 0 Å². The largest absolute Gasteiger partial charge is 0.317 e. The zero-order valence-corrected chi connectivity index (χ0v) is 6.99. The van der Waals surface area contributed by atoms with Crippen molar-refractivity contribution in [3.8, 4) is 0 Å². The number of hydrogen-bond acceptors (Lipinski definition) is 2. The Kier molecular flexibility index (Phi) is 3.16. The molecule has 0 atom stereocenters. The van der Waals surface area contributed by atoms with E-state index in [0.717, 1.165) is 31.1 Å². The first kappa shape index (κ1) is 8.02.